The van der Waals surface area contributed by atoms with E-state index < -0.39 is 0 Å². The van der Waals surface area contributed by atoms with Gasteiger partial charge in [0, 0.05) is 36.6 Å². The molecule has 0 amide bonds. The van der Waals surface area contributed by atoms with Crippen molar-refractivity contribution in [2.45, 2.75) is 32.0 Å². The Labute approximate surface area is 108 Å². The highest BCUT2D eigenvalue weighted by Crippen LogP contribution is 2.32. The summed E-state index contributed by atoms with van der Waals surface area (Å²) in [5.74, 6) is 0.853. The average Bonchev–Trinajstić information content (AvgIpc) is 2.68. The number of hydrogen-bond donors (Lipinski definition) is 1. The van der Waals surface area contributed by atoms with E-state index in [1.807, 2.05) is 19.1 Å². The number of nitrogens with two attached hydrogens (primary N) is 1. The van der Waals surface area contributed by atoms with Crippen LogP contribution < -0.4 is 15.4 Å². The number of fused-ring (bicyclic) bond motifs is 2. The minimum absolute atomic E-state index is 0.390. The molecule has 2 fully saturated rings. The summed E-state index contributed by atoms with van der Waals surface area (Å²) in [6.45, 7) is 4.58. The Morgan fingerprint density at radius 3 is 2.67 bits per heavy atom. The molecule has 2 saturated heterocycles. The zero-order chi connectivity index (χ0) is 12.5. The molecule has 18 heavy (non-hydrogen) atoms. The fraction of sp³-hybridized carbons (Fsp3) is 0.571. The number of ether oxygens (including phenoxy) is 2. The Balaban J connectivity index is 1.82. The zero-order valence-corrected chi connectivity index (χ0v) is 10.8. The van der Waals surface area contributed by atoms with Gasteiger partial charge in [-0.05, 0) is 25.8 Å². The molecule has 3 rings (SSSR count). The minimum Gasteiger partial charge on any atom is -0.494 e. The molecule has 1 aromatic carbocycles. The van der Waals surface area contributed by atoms with Crippen LogP contribution in [-0.2, 0) is 4.74 Å². The van der Waals surface area contributed by atoms with E-state index in [0.29, 0.717) is 18.8 Å². The standard InChI is InChI=1S/C14H20N2O2/c1-2-17-14-6-10(15)5-11(7-14)16-8-12-3-4-13(9-16)18-12/h5-7,12-13H,2-4,8-9,15H2,1H3. The SMILES string of the molecule is CCOc1cc(N)cc(N2CC3CCC(C2)O3)c1. The molecule has 0 spiro atoms. The summed E-state index contributed by atoms with van der Waals surface area (Å²) in [5, 5.41) is 0. The summed E-state index contributed by atoms with van der Waals surface area (Å²) >= 11 is 0. The van der Waals surface area contributed by atoms with Gasteiger partial charge in [-0.25, -0.2) is 0 Å². The third kappa shape index (κ3) is 2.25. The highest BCUT2D eigenvalue weighted by molar-refractivity contribution is 5.61. The molecule has 4 nitrogen and oxygen atoms in total. The lowest BCUT2D eigenvalue weighted by Gasteiger charge is -2.34. The van der Waals surface area contributed by atoms with Crippen LogP contribution in [0.5, 0.6) is 5.75 Å². The molecule has 2 N–H and O–H groups in total. The highest BCUT2D eigenvalue weighted by Gasteiger charge is 2.33. The molecule has 2 heterocycles. The molecule has 2 unspecified atom stereocenters. The van der Waals surface area contributed by atoms with Crippen molar-refractivity contribution in [2.75, 3.05) is 30.3 Å². The maximum Gasteiger partial charge on any atom is 0.123 e. The fourth-order valence-electron chi connectivity index (χ4n) is 2.86. The van der Waals surface area contributed by atoms with Gasteiger partial charge >= 0.3 is 0 Å². The van der Waals surface area contributed by atoms with Crippen LogP contribution in [0.1, 0.15) is 19.8 Å². The second-order valence-corrected chi connectivity index (χ2v) is 5.06. The van der Waals surface area contributed by atoms with E-state index in [2.05, 4.69) is 11.0 Å². The first-order chi connectivity index (χ1) is 8.74. The van der Waals surface area contributed by atoms with Crippen LogP contribution in [0.25, 0.3) is 0 Å². The van der Waals surface area contributed by atoms with Crippen LogP contribution in [0.2, 0.25) is 0 Å². The first-order valence-corrected chi connectivity index (χ1v) is 6.68. The van der Waals surface area contributed by atoms with Crippen molar-refractivity contribution in [1.29, 1.82) is 0 Å². The summed E-state index contributed by atoms with van der Waals surface area (Å²) in [7, 11) is 0. The quantitative estimate of drug-likeness (QED) is 0.832. The summed E-state index contributed by atoms with van der Waals surface area (Å²) in [6, 6.07) is 5.97. The van der Waals surface area contributed by atoms with Crippen LogP contribution in [-0.4, -0.2) is 31.9 Å². The van der Waals surface area contributed by atoms with Gasteiger partial charge in [0.2, 0.25) is 0 Å². The van der Waals surface area contributed by atoms with E-state index in [1.165, 1.54) is 12.8 Å². The molecule has 0 aromatic heterocycles. The van der Waals surface area contributed by atoms with Gasteiger partial charge in [-0.2, -0.15) is 0 Å². The Kier molecular flexibility index (Phi) is 3.04. The van der Waals surface area contributed by atoms with E-state index in [-0.39, 0.29) is 0 Å². The Morgan fingerprint density at radius 1 is 1.28 bits per heavy atom. The molecule has 2 atom stereocenters. The van der Waals surface area contributed by atoms with Crippen molar-refractivity contribution in [3.05, 3.63) is 18.2 Å². The lowest BCUT2D eigenvalue weighted by Crippen LogP contribution is -2.42. The molecule has 4 heteroatoms. The van der Waals surface area contributed by atoms with Crippen molar-refractivity contribution >= 4 is 11.4 Å². The summed E-state index contributed by atoms with van der Waals surface area (Å²) in [4.78, 5) is 2.37. The van der Waals surface area contributed by atoms with Gasteiger partial charge in [0.1, 0.15) is 5.75 Å². The van der Waals surface area contributed by atoms with E-state index in [4.69, 9.17) is 15.2 Å². The number of nitrogen functional groups attached to an aromatic ring is 1. The molecular formula is C14H20N2O2. The highest BCUT2D eigenvalue weighted by atomic mass is 16.5. The minimum atomic E-state index is 0.390. The first-order valence-electron chi connectivity index (χ1n) is 6.68. The van der Waals surface area contributed by atoms with Crippen molar-refractivity contribution in [3.63, 3.8) is 0 Å². The van der Waals surface area contributed by atoms with E-state index in [1.54, 1.807) is 0 Å². The zero-order valence-electron chi connectivity index (χ0n) is 10.8. The van der Waals surface area contributed by atoms with Crippen LogP contribution in [0.4, 0.5) is 11.4 Å². The van der Waals surface area contributed by atoms with Gasteiger partial charge in [-0.1, -0.05) is 0 Å². The van der Waals surface area contributed by atoms with Crippen molar-refractivity contribution in [1.82, 2.24) is 0 Å². The molecule has 2 bridgehead atoms. The maximum absolute atomic E-state index is 5.94. The third-order valence-corrected chi connectivity index (χ3v) is 3.63. The van der Waals surface area contributed by atoms with Crippen molar-refractivity contribution in [3.8, 4) is 5.75 Å². The second kappa shape index (κ2) is 4.69. The predicted molar refractivity (Wildman–Crippen MR) is 72.1 cm³/mol. The number of morpholine rings is 1. The lowest BCUT2D eigenvalue weighted by atomic mass is 10.2. The van der Waals surface area contributed by atoms with E-state index in [0.717, 1.165) is 30.2 Å². The Hall–Kier alpha value is -1.42. The van der Waals surface area contributed by atoms with Crippen LogP contribution in [0.15, 0.2) is 18.2 Å². The fourth-order valence-corrected chi connectivity index (χ4v) is 2.86. The Bertz CT molecular complexity index is 424. The molecule has 0 aliphatic carbocycles. The second-order valence-electron chi connectivity index (χ2n) is 5.06. The largest absolute Gasteiger partial charge is 0.494 e. The average molecular weight is 248 g/mol. The molecule has 2 aliphatic heterocycles. The molecule has 0 radical (unpaired) electrons. The van der Waals surface area contributed by atoms with Gasteiger partial charge in [0.25, 0.3) is 0 Å². The Morgan fingerprint density at radius 2 is 2.00 bits per heavy atom. The topological polar surface area (TPSA) is 47.7 Å². The maximum atomic E-state index is 5.94. The van der Waals surface area contributed by atoms with Gasteiger partial charge in [0.05, 0.1) is 18.8 Å². The van der Waals surface area contributed by atoms with Gasteiger partial charge in [0.15, 0.2) is 0 Å². The third-order valence-electron chi connectivity index (χ3n) is 3.63. The first kappa shape index (κ1) is 11.7. The summed E-state index contributed by atoms with van der Waals surface area (Å²) < 4.78 is 11.4. The van der Waals surface area contributed by atoms with Gasteiger partial charge < -0.3 is 20.1 Å². The predicted octanol–water partition coefficient (Wildman–Crippen LogP) is 2.04. The lowest BCUT2D eigenvalue weighted by molar-refractivity contribution is 0.0305. The van der Waals surface area contributed by atoms with Crippen LogP contribution in [0, 0.1) is 0 Å². The normalized spacial score (nSPS) is 26.4. The molecule has 1 aromatic rings. The van der Waals surface area contributed by atoms with Crippen molar-refractivity contribution in [2.24, 2.45) is 0 Å². The van der Waals surface area contributed by atoms with E-state index in [9.17, 15) is 0 Å². The van der Waals surface area contributed by atoms with E-state index >= 15 is 0 Å². The molecule has 0 saturated carbocycles. The number of hydrogen-bond acceptors (Lipinski definition) is 4. The molecule has 2 aliphatic rings. The molecular weight excluding hydrogens is 228 g/mol. The van der Waals surface area contributed by atoms with Crippen LogP contribution in [0.3, 0.4) is 0 Å². The number of nitrogens with zero attached hydrogens (tertiary/aromatic N) is 1. The monoisotopic (exact) mass is 248 g/mol. The number of benzene rings is 1. The van der Waals surface area contributed by atoms with Crippen molar-refractivity contribution < 1.29 is 9.47 Å². The summed E-state index contributed by atoms with van der Waals surface area (Å²) in [6.07, 6.45) is 3.14. The number of rotatable bonds is 3. The molecule has 98 valence electrons. The smallest absolute Gasteiger partial charge is 0.123 e. The van der Waals surface area contributed by atoms with Gasteiger partial charge in [-0.15, -0.1) is 0 Å². The van der Waals surface area contributed by atoms with Gasteiger partial charge in [-0.3, -0.25) is 0 Å². The van der Waals surface area contributed by atoms with Crippen LogP contribution >= 0.6 is 0 Å². The number of anilines is 2. The summed E-state index contributed by atoms with van der Waals surface area (Å²) in [5.41, 5.74) is 7.85.